The second-order valence-electron chi connectivity index (χ2n) is 2.92. The fraction of sp³-hybridized carbons (Fsp3) is 0. The van der Waals surface area contributed by atoms with Gasteiger partial charge < -0.3 is 10.4 Å². The van der Waals surface area contributed by atoms with Gasteiger partial charge in [0.25, 0.3) is 0 Å². The van der Waals surface area contributed by atoms with Crippen molar-refractivity contribution in [1.82, 2.24) is 4.98 Å². The lowest BCUT2D eigenvalue weighted by Crippen LogP contribution is -2.08. The van der Waals surface area contributed by atoms with Gasteiger partial charge in [0.1, 0.15) is 0 Å². The van der Waals surface area contributed by atoms with Gasteiger partial charge in [0, 0.05) is 21.1 Å². The monoisotopic (exact) mass is 287 g/mol. The smallest absolute Gasteiger partial charge is 0.0950 e. The van der Waals surface area contributed by atoms with Crippen molar-refractivity contribution in [3.63, 3.8) is 0 Å². The minimum Gasteiger partial charge on any atom is -0.733 e. The zero-order valence-electron chi connectivity index (χ0n) is 7.32. The number of halogens is 2. The van der Waals surface area contributed by atoms with Gasteiger partial charge in [-0.3, -0.25) is 10.2 Å². The zero-order chi connectivity index (χ0) is 11.0. The summed E-state index contributed by atoms with van der Waals surface area (Å²) in [5.41, 5.74) is 0.435. The summed E-state index contributed by atoms with van der Waals surface area (Å²) in [7, 11) is 0. The van der Waals surface area contributed by atoms with E-state index in [1.165, 1.54) is 6.07 Å². The first-order chi connectivity index (χ1) is 7.08. The van der Waals surface area contributed by atoms with Crippen molar-refractivity contribution in [3.8, 4) is 0 Å². The molecule has 0 saturated heterocycles. The van der Waals surface area contributed by atoms with Crippen LogP contribution in [0.5, 0.6) is 0 Å². The van der Waals surface area contributed by atoms with Crippen LogP contribution in [0.1, 0.15) is 0 Å². The topological polar surface area (TPSA) is 59.4 Å². The van der Waals surface area contributed by atoms with E-state index in [0.717, 1.165) is 4.47 Å². The maximum Gasteiger partial charge on any atom is 0.0950 e. The molecular formula is C9H5BrClN2O2-. The molecule has 1 aromatic carbocycles. The number of hydrogen-bond acceptors (Lipinski definition) is 4. The number of hydrogen-bond donors (Lipinski definition) is 1. The predicted molar refractivity (Wildman–Crippen MR) is 62.1 cm³/mol. The molecule has 6 heteroatoms. The molecule has 0 bridgehead atoms. The number of fused-ring (bicyclic) bond motifs is 1. The van der Waals surface area contributed by atoms with E-state index in [9.17, 15) is 5.21 Å². The number of pyridine rings is 1. The molecule has 0 aliphatic heterocycles. The fourth-order valence-corrected chi connectivity index (χ4v) is 1.88. The van der Waals surface area contributed by atoms with E-state index in [1.54, 1.807) is 18.3 Å². The number of benzene rings is 1. The van der Waals surface area contributed by atoms with E-state index in [2.05, 4.69) is 20.9 Å². The van der Waals surface area contributed by atoms with Crippen LogP contribution in [0.3, 0.4) is 0 Å². The van der Waals surface area contributed by atoms with Crippen molar-refractivity contribution in [3.05, 3.63) is 39.1 Å². The summed E-state index contributed by atoms with van der Waals surface area (Å²) in [5.74, 6) is 0. The fourth-order valence-electron chi connectivity index (χ4n) is 1.31. The number of aromatic nitrogens is 1. The van der Waals surface area contributed by atoms with Gasteiger partial charge in [-0.25, -0.2) is 0 Å². The third-order valence-corrected chi connectivity index (χ3v) is 2.55. The molecule has 15 heavy (non-hydrogen) atoms. The van der Waals surface area contributed by atoms with Gasteiger partial charge in [-0.15, -0.1) is 0 Å². The molecule has 1 heterocycles. The molecule has 78 valence electrons. The molecule has 0 radical (unpaired) electrons. The van der Waals surface area contributed by atoms with Gasteiger partial charge >= 0.3 is 0 Å². The summed E-state index contributed by atoms with van der Waals surface area (Å²) in [5, 5.41) is 20.6. The minimum atomic E-state index is -0.241. The lowest BCUT2D eigenvalue weighted by atomic mass is 10.2. The summed E-state index contributed by atoms with van der Waals surface area (Å²) in [6.07, 6.45) is 1.54. The number of nitrogens with zero attached hydrogens (tertiary/aromatic N) is 2. The lowest BCUT2D eigenvalue weighted by molar-refractivity contribution is 0.297. The van der Waals surface area contributed by atoms with E-state index >= 15 is 0 Å². The van der Waals surface area contributed by atoms with Crippen molar-refractivity contribution < 1.29 is 5.21 Å². The molecule has 0 atom stereocenters. The molecule has 1 aromatic heterocycles. The molecule has 4 nitrogen and oxygen atoms in total. The normalized spacial score (nSPS) is 10.7. The largest absolute Gasteiger partial charge is 0.733 e. The molecule has 0 fully saturated rings. The van der Waals surface area contributed by atoms with Crippen LogP contribution in [0.15, 0.2) is 28.9 Å². The molecule has 2 rings (SSSR count). The van der Waals surface area contributed by atoms with E-state index in [0.29, 0.717) is 15.9 Å². The average molecular weight is 289 g/mol. The van der Waals surface area contributed by atoms with Gasteiger partial charge in [0.15, 0.2) is 0 Å². The first kappa shape index (κ1) is 10.6. The van der Waals surface area contributed by atoms with Crippen LogP contribution in [0.25, 0.3) is 10.9 Å². The molecular weight excluding hydrogens is 283 g/mol. The Bertz CT molecular complexity index is 513. The van der Waals surface area contributed by atoms with E-state index in [4.69, 9.17) is 16.8 Å². The Balaban J connectivity index is 2.80. The molecule has 0 saturated carbocycles. The van der Waals surface area contributed by atoms with Crippen molar-refractivity contribution in [2.24, 2.45) is 0 Å². The quantitative estimate of drug-likeness (QED) is 0.818. The van der Waals surface area contributed by atoms with Gasteiger partial charge in [-0.2, -0.15) is 0 Å². The maximum absolute atomic E-state index is 10.9. The standard InChI is InChI=1S/C9H5BrClN2O2/c10-6-1-5-2-7(11)3-8(13(14)15)9(5)12-4-6/h1-4,14H/q-1. The molecule has 1 N–H and O–H groups in total. The van der Waals surface area contributed by atoms with Gasteiger partial charge in [-0.05, 0) is 34.1 Å². The van der Waals surface area contributed by atoms with Crippen LogP contribution in [-0.4, -0.2) is 10.2 Å². The summed E-state index contributed by atoms with van der Waals surface area (Å²) >= 11 is 9.06. The Hall–Kier alpha value is -0.880. The molecule has 0 aliphatic carbocycles. The Morgan fingerprint density at radius 3 is 2.80 bits per heavy atom. The Morgan fingerprint density at radius 1 is 1.40 bits per heavy atom. The van der Waals surface area contributed by atoms with Gasteiger partial charge in [0.05, 0.1) is 11.2 Å². The Kier molecular flexibility index (Phi) is 2.79. The Morgan fingerprint density at radius 2 is 2.13 bits per heavy atom. The highest BCUT2D eigenvalue weighted by Crippen LogP contribution is 2.29. The van der Waals surface area contributed by atoms with Gasteiger partial charge in [-0.1, -0.05) is 11.6 Å². The van der Waals surface area contributed by atoms with Crippen molar-refractivity contribution >= 4 is 44.1 Å². The minimum absolute atomic E-state index is 0.0324. The average Bonchev–Trinajstić information content (AvgIpc) is 2.15. The van der Waals surface area contributed by atoms with Crippen LogP contribution in [0.2, 0.25) is 5.02 Å². The second kappa shape index (κ2) is 3.94. The summed E-state index contributed by atoms with van der Waals surface area (Å²) < 4.78 is 0.776. The SMILES string of the molecule is [O-]N(O)c1cc(Cl)cc2cc(Br)cnc12. The molecule has 2 aromatic rings. The Labute approximate surface area is 98.8 Å². The molecule has 0 amide bonds. The summed E-state index contributed by atoms with van der Waals surface area (Å²) in [6.45, 7) is 0. The number of rotatable bonds is 1. The van der Waals surface area contributed by atoms with E-state index in [-0.39, 0.29) is 10.9 Å². The first-order valence-corrected chi connectivity index (χ1v) is 5.16. The highest BCUT2D eigenvalue weighted by Gasteiger charge is 2.05. The lowest BCUT2D eigenvalue weighted by Gasteiger charge is -2.22. The third-order valence-electron chi connectivity index (χ3n) is 1.90. The molecule has 0 aliphatic rings. The van der Waals surface area contributed by atoms with Crippen LogP contribution in [-0.2, 0) is 0 Å². The maximum atomic E-state index is 10.9. The zero-order valence-corrected chi connectivity index (χ0v) is 9.66. The van der Waals surface area contributed by atoms with Crippen molar-refractivity contribution in [2.75, 3.05) is 5.23 Å². The van der Waals surface area contributed by atoms with E-state index in [1.807, 2.05) is 0 Å². The van der Waals surface area contributed by atoms with Crippen molar-refractivity contribution in [2.45, 2.75) is 0 Å². The predicted octanol–water partition coefficient (Wildman–Crippen LogP) is 3.34. The van der Waals surface area contributed by atoms with Crippen LogP contribution >= 0.6 is 27.5 Å². The highest BCUT2D eigenvalue weighted by atomic mass is 79.9. The van der Waals surface area contributed by atoms with Gasteiger partial charge in [0.2, 0.25) is 0 Å². The highest BCUT2D eigenvalue weighted by molar-refractivity contribution is 9.10. The number of anilines is 1. The van der Waals surface area contributed by atoms with E-state index < -0.39 is 0 Å². The third kappa shape index (κ3) is 2.05. The summed E-state index contributed by atoms with van der Waals surface area (Å²) in [4.78, 5) is 4.04. The second-order valence-corrected chi connectivity index (χ2v) is 4.28. The summed E-state index contributed by atoms with van der Waals surface area (Å²) in [6, 6.07) is 4.79. The molecule has 0 unspecified atom stereocenters. The van der Waals surface area contributed by atoms with Crippen LogP contribution < -0.4 is 5.23 Å². The van der Waals surface area contributed by atoms with Crippen molar-refractivity contribution in [1.29, 1.82) is 0 Å². The van der Waals surface area contributed by atoms with Crippen LogP contribution in [0.4, 0.5) is 5.69 Å². The molecule has 0 spiro atoms. The first-order valence-electron chi connectivity index (χ1n) is 3.99. The van der Waals surface area contributed by atoms with Crippen LogP contribution in [0, 0.1) is 5.21 Å².